The Bertz CT molecular complexity index is 1090. The fourth-order valence-corrected chi connectivity index (χ4v) is 2.79. The predicted octanol–water partition coefficient (Wildman–Crippen LogP) is 3.17. The molecule has 0 aliphatic carbocycles. The summed E-state index contributed by atoms with van der Waals surface area (Å²) in [4.78, 5) is 35.1. The van der Waals surface area contributed by atoms with Crippen molar-refractivity contribution >= 4 is 28.2 Å². The normalized spacial score (nSPS) is 10.7. The van der Waals surface area contributed by atoms with Gasteiger partial charge in [-0.15, -0.1) is 0 Å². The Balaban J connectivity index is 1.93. The van der Waals surface area contributed by atoms with Gasteiger partial charge in [-0.25, -0.2) is 0 Å². The van der Waals surface area contributed by atoms with Crippen molar-refractivity contribution in [2.24, 2.45) is 0 Å². The van der Waals surface area contributed by atoms with E-state index in [4.69, 9.17) is 0 Å². The average molecular weight is 351 g/mol. The summed E-state index contributed by atoms with van der Waals surface area (Å²) >= 11 is 0. The molecule has 0 atom stereocenters. The fourth-order valence-electron chi connectivity index (χ4n) is 2.79. The molecular weight excluding hydrogens is 334 g/mol. The molecule has 0 unspecified atom stereocenters. The molecule has 0 aliphatic rings. The Hall–Kier alpha value is -3.48. The molecule has 1 amide bonds. The van der Waals surface area contributed by atoms with E-state index < -0.39 is 4.92 Å². The van der Waals surface area contributed by atoms with Gasteiger partial charge in [0.25, 0.3) is 11.2 Å². The van der Waals surface area contributed by atoms with Crippen LogP contribution < -0.4 is 10.9 Å². The lowest BCUT2D eigenvalue weighted by Gasteiger charge is -2.13. The number of anilines is 1. The molecule has 0 saturated carbocycles. The summed E-state index contributed by atoms with van der Waals surface area (Å²) in [6, 6.07) is 12.6. The summed E-state index contributed by atoms with van der Waals surface area (Å²) in [7, 11) is 0. The zero-order chi connectivity index (χ0) is 18.8. The number of nitrogens with zero attached hydrogens (tertiary/aromatic N) is 2. The lowest BCUT2D eigenvalue weighted by Crippen LogP contribution is -2.27. The van der Waals surface area contributed by atoms with Gasteiger partial charge in [0.1, 0.15) is 6.54 Å². The number of nitro benzene ring substituents is 1. The maximum atomic E-state index is 12.4. The lowest BCUT2D eigenvalue weighted by molar-refractivity contribution is -0.384. The van der Waals surface area contributed by atoms with Crippen LogP contribution in [0, 0.1) is 24.0 Å². The molecule has 1 N–H and O–H groups in total. The molecule has 0 fully saturated rings. The van der Waals surface area contributed by atoms with Crippen LogP contribution in [0.4, 0.5) is 11.4 Å². The van der Waals surface area contributed by atoms with Crippen LogP contribution in [-0.2, 0) is 11.3 Å². The van der Waals surface area contributed by atoms with Crippen LogP contribution in [0.15, 0.2) is 53.3 Å². The van der Waals surface area contributed by atoms with Crippen molar-refractivity contribution in [2.75, 3.05) is 5.32 Å². The number of carbonyl (C=O) groups is 1. The first-order valence-electron chi connectivity index (χ1n) is 8.01. The van der Waals surface area contributed by atoms with Crippen LogP contribution in [0.3, 0.4) is 0 Å². The number of non-ortho nitro benzene ring substituents is 1. The third kappa shape index (κ3) is 3.32. The van der Waals surface area contributed by atoms with Crippen LogP contribution in [0.1, 0.15) is 11.1 Å². The highest BCUT2D eigenvalue weighted by Gasteiger charge is 2.13. The number of hydrogen-bond acceptors (Lipinski definition) is 4. The molecule has 7 heteroatoms. The van der Waals surface area contributed by atoms with E-state index >= 15 is 0 Å². The molecule has 26 heavy (non-hydrogen) atoms. The number of aromatic nitrogens is 1. The van der Waals surface area contributed by atoms with Crippen LogP contribution in [-0.4, -0.2) is 15.4 Å². The Morgan fingerprint density at radius 2 is 1.92 bits per heavy atom. The second-order valence-corrected chi connectivity index (χ2v) is 6.05. The molecule has 3 rings (SSSR count). The Labute approximate surface area is 149 Å². The standard InChI is InChI=1S/C19H17N3O4/c1-12-4-3-5-16(13(12)2)20-18(23)11-21-17-8-7-15(22(25)26)10-14(17)6-9-19(21)24/h3-10H,11H2,1-2H3,(H,20,23). The number of fused-ring (bicyclic) bond motifs is 1. The van der Waals surface area contributed by atoms with Gasteiger partial charge in [-0.2, -0.15) is 0 Å². The second kappa shape index (κ2) is 6.79. The number of benzene rings is 2. The molecule has 0 saturated heterocycles. The van der Waals surface area contributed by atoms with Gasteiger partial charge in [0.2, 0.25) is 5.91 Å². The minimum absolute atomic E-state index is 0.0671. The smallest absolute Gasteiger partial charge is 0.270 e. The van der Waals surface area contributed by atoms with Crippen molar-refractivity contribution in [3.05, 3.63) is 80.1 Å². The van der Waals surface area contributed by atoms with Crippen molar-refractivity contribution in [1.82, 2.24) is 4.57 Å². The first-order valence-corrected chi connectivity index (χ1v) is 8.01. The van der Waals surface area contributed by atoms with Crippen molar-refractivity contribution in [3.63, 3.8) is 0 Å². The van der Waals surface area contributed by atoms with Gasteiger partial charge in [-0.05, 0) is 43.2 Å². The quantitative estimate of drug-likeness (QED) is 0.577. The van der Waals surface area contributed by atoms with Crippen molar-refractivity contribution in [3.8, 4) is 0 Å². The highest BCUT2D eigenvalue weighted by Crippen LogP contribution is 2.20. The second-order valence-electron chi connectivity index (χ2n) is 6.05. The van der Waals surface area contributed by atoms with E-state index in [9.17, 15) is 19.7 Å². The maximum Gasteiger partial charge on any atom is 0.270 e. The van der Waals surface area contributed by atoms with Crippen molar-refractivity contribution < 1.29 is 9.72 Å². The third-order valence-electron chi connectivity index (χ3n) is 4.36. The number of hydrogen-bond donors (Lipinski definition) is 1. The molecule has 2 aromatic carbocycles. The van der Waals surface area contributed by atoms with Crippen LogP contribution >= 0.6 is 0 Å². The Morgan fingerprint density at radius 3 is 2.65 bits per heavy atom. The SMILES string of the molecule is Cc1cccc(NC(=O)Cn2c(=O)ccc3cc([N+](=O)[O-])ccc32)c1C. The van der Waals surface area contributed by atoms with E-state index in [1.165, 1.54) is 34.9 Å². The van der Waals surface area contributed by atoms with Crippen molar-refractivity contribution in [2.45, 2.75) is 20.4 Å². The minimum atomic E-state index is -0.498. The predicted molar refractivity (Wildman–Crippen MR) is 99.4 cm³/mol. The van der Waals surface area contributed by atoms with Crippen LogP contribution in [0.2, 0.25) is 0 Å². The first-order chi connectivity index (χ1) is 12.4. The van der Waals surface area contributed by atoms with Gasteiger partial charge in [0, 0.05) is 29.3 Å². The van der Waals surface area contributed by atoms with E-state index in [-0.39, 0.29) is 23.7 Å². The average Bonchev–Trinajstić information content (AvgIpc) is 2.61. The molecular formula is C19H17N3O4. The largest absolute Gasteiger partial charge is 0.324 e. The first kappa shape index (κ1) is 17.3. The number of nitro groups is 1. The number of carbonyl (C=O) groups excluding carboxylic acids is 1. The highest BCUT2D eigenvalue weighted by molar-refractivity contribution is 5.92. The zero-order valence-corrected chi connectivity index (χ0v) is 14.4. The lowest BCUT2D eigenvalue weighted by atomic mass is 10.1. The monoisotopic (exact) mass is 351 g/mol. The number of amides is 1. The minimum Gasteiger partial charge on any atom is -0.324 e. The Kier molecular flexibility index (Phi) is 4.53. The highest BCUT2D eigenvalue weighted by atomic mass is 16.6. The number of pyridine rings is 1. The summed E-state index contributed by atoms with van der Waals surface area (Å²) in [5.41, 5.74) is 2.77. The van der Waals surface area contributed by atoms with Crippen molar-refractivity contribution in [1.29, 1.82) is 0 Å². The fraction of sp³-hybridized carbons (Fsp3) is 0.158. The van der Waals surface area contributed by atoms with Gasteiger partial charge in [0.15, 0.2) is 0 Å². The molecule has 0 aliphatic heterocycles. The molecule has 0 bridgehead atoms. The molecule has 0 spiro atoms. The van der Waals surface area contributed by atoms with E-state index in [1.54, 1.807) is 6.07 Å². The van der Waals surface area contributed by atoms with E-state index in [0.717, 1.165) is 11.1 Å². The van der Waals surface area contributed by atoms with Gasteiger partial charge >= 0.3 is 0 Å². The number of rotatable bonds is 4. The van der Waals surface area contributed by atoms with E-state index in [0.29, 0.717) is 16.6 Å². The molecule has 132 valence electrons. The third-order valence-corrected chi connectivity index (χ3v) is 4.36. The van der Waals surface area contributed by atoms with Gasteiger partial charge < -0.3 is 5.32 Å². The molecule has 7 nitrogen and oxygen atoms in total. The van der Waals surface area contributed by atoms with Gasteiger partial charge in [-0.3, -0.25) is 24.3 Å². The number of nitrogens with one attached hydrogen (secondary N) is 1. The van der Waals surface area contributed by atoms with E-state index in [2.05, 4.69) is 5.32 Å². The summed E-state index contributed by atoms with van der Waals surface area (Å²) in [6.45, 7) is 3.68. The summed E-state index contributed by atoms with van der Waals surface area (Å²) < 4.78 is 1.31. The summed E-state index contributed by atoms with van der Waals surface area (Å²) in [5.74, 6) is -0.341. The molecule has 1 aromatic heterocycles. The van der Waals surface area contributed by atoms with E-state index in [1.807, 2.05) is 26.0 Å². The molecule has 1 heterocycles. The summed E-state index contributed by atoms with van der Waals surface area (Å²) in [6.07, 6.45) is 0. The molecule has 0 radical (unpaired) electrons. The molecule has 3 aromatic rings. The van der Waals surface area contributed by atoms with Crippen LogP contribution in [0.25, 0.3) is 10.9 Å². The van der Waals surface area contributed by atoms with Crippen LogP contribution in [0.5, 0.6) is 0 Å². The topological polar surface area (TPSA) is 94.2 Å². The Morgan fingerprint density at radius 1 is 1.15 bits per heavy atom. The number of aryl methyl sites for hydroxylation is 1. The summed E-state index contributed by atoms with van der Waals surface area (Å²) in [5, 5.41) is 14.3. The van der Waals surface area contributed by atoms with Gasteiger partial charge in [-0.1, -0.05) is 12.1 Å². The maximum absolute atomic E-state index is 12.4. The zero-order valence-electron chi connectivity index (χ0n) is 14.4. The van der Waals surface area contributed by atoms with Gasteiger partial charge in [0.05, 0.1) is 10.4 Å².